The van der Waals surface area contributed by atoms with E-state index in [1.165, 1.54) is 23.4 Å². The highest BCUT2D eigenvalue weighted by Gasteiger charge is 2.31. The zero-order valence-corrected chi connectivity index (χ0v) is 22.1. The number of hydrogen-bond acceptors (Lipinski definition) is 9. The second-order valence-electron chi connectivity index (χ2n) is 8.82. The Morgan fingerprint density at radius 3 is 2.41 bits per heavy atom. The van der Waals surface area contributed by atoms with E-state index in [9.17, 15) is 18.1 Å². The van der Waals surface area contributed by atoms with E-state index in [1.807, 2.05) is 6.07 Å². The lowest BCUT2D eigenvalue weighted by molar-refractivity contribution is 0.270. The van der Waals surface area contributed by atoms with Crippen LogP contribution in [-0.2, 0) is 16.6 Å². The van der Waals surface area contributed by atoms with Gasteiger partial charge < -0.3 is 23.2 Å². The van der Waals surface area contributed by atoms with Gasteiger partial charge in [0.2, 0.25) is 21.6 Å². The molecule has 12 heteroatoms. The predicted octanol–water partition coefficient (Wildman–Crippen LogP) is 4.35. The summed E-state index contributed by atoms with van der Waals surface area (Å²) in [4.78, 5) is 6.09. The molecule has 202 valence electrons. The molecule has 0 spiro atoms. The van der Waals surface area contributed by atoms with E-state index in [-0.39, 0.29) is 60.7 Å². The lowest BCUT2D eigenvalue weighted by atomic mass is 10.2. The van der Waals surface area contributed by atoms with Gasteiger partial charge in [-0.15, -0.1) is 0 Å². The number of hydrogen-bond donors (Lipinski definition) is 0. The number of aryl methyl sites for hydroxylation is 1. The fraction of sp³-hybridized carbons (Fsp3) is 0.259. The minimum atomic E-state index is -3.79. The fourth-order valence-corrected chi connectivity index (χ4v) is 5.67. The van der Waals surface area contributed by atoms with Crippen molar-refractivity contribution in [3.63, 3.8) is 0 Å². The van der Waals surface area contributed by atoms with E-state index in [4.69, 9.17) is 18.3 Å². The number of aromatic nitrogens is 1. The van der Waals surface area contributed by atoms with Crippen molar-refractivity contribution in [1.29, 1.82) is 5.26 Å². The van der Waals surface area contributed by atoms with Crippen LogP contribution in [0.25, 0.3) is 11.7 Å². The van der Waals surface area contributed by atoms with Gasteiger partial charge in [-0.25, -0.2) is 12.8 Å². The van der Waals surface area contributed by atoms with E-state index in [0.29, 0.717) is 17.3 Å². The molecule has 3 heterocycles. The number of piperazine rings is 1. The summed E-state index contributed by atoms with van der Waals surface area (Å²) in [5, 5.41) is 9.64. The molecule has 1 saturated heterocycles. The fourth-order valence-electron chi connectivity index (χ4n) is 4.16. The minimum absolute atomic E-state index is 0.0408. The molecule has 5 rings (SSSR count). The van der Waals surface area contributed by atoms with Crippen molar-refractivity contribution in [2.75, 3.05) is 38.2 Å². The summed E-state index contributed by atoms with van der Waals surface area (Å²) in [6.07, 6.45) is 0. The van der Waals surface area contributed by atoms with Crippen molar-refractivity contribution < 1.29 is 31.1 Å². The average molecular weight is 553 g/mol. The number of benzene rings is 2. The molecule has 2 aromatic carbocycles. The van der Waals surface area contributed by atoms with Gasteiger partial charge in [0.1, 0.15) is 35.8 Å². The largest absolute Gasteiger partial charge is 0.497 e. The number of rotatable bonds is 8. The van der Waals surface area contributed by atoms with Gasteiger partial charge in [0.15, 0.2) is 5.76 Å². The molecular formula is C27H25FN4O6S. The Morgan fingerprint density at radius 2 is 1.74 bits per heavy atom. The number of nitriles is 1. The van der Waals surface area contributed by atoms with Gasteiger partial charge in [-0.2, -0.15) is 14.6 Å². The van der Waals surface area contributed by atoms with E-state index in [1.54, 1.807) is 48.4 Å². The summed E-state index contributed by atoms with van der Waals surface area (Å²) in [6.45, 7) is 2.58. The Balaban J connectivity index is 1.25. The Labute approximate surface area is 224 Å². The molecule has 0 atom stereocenters. The molecule has 1 aliphatic rings. The first-order valence-corrected chi connectivity index (χ1v) is 13.5. The summed E-state index contributed by atoms with van der Waals surface area (Å²) in [7, 11) is -2.20. The predicted molar refractivity (Wildman–Crippen MR) is 138 cm³/mol. The van der Waals surface area contributed by atoms with E-state index in [2.05, 4.69) is 4.98 Å². The van der Waals surface area contributed by atoms with Gasteiger partial charge in [0.25, 0.3) is 5.89 Å². The normalized spacial score (nSPS) is 14.3. The zero-order chi connectivity index (χ0) is 27.6. The summed E-state index contributed by atoms with van der Waals surface area (Å²) >= 11 is 0. The Kier molecular flexibility index (Phi) is 7.28. The van der Waals surface area contributed by atoms with Crippen LogP contribution in [0.1, 0.15) is 17.0 Å². The molecule has 0 amide bonds. The van der Waals surface area contributed by atoms with Gasteiger partial charge in [0, 0.05) is 26.2 Å². The zero-order valence-electron chi connectivity index (χ0n) is 21.3. The van der Waals surface area contributed by atoms with Crippen LogP contribution in [0.2, 0.25) is 0 Å². The number of oxazole rings is 1. The first-order valence-electron chi connectivity index (χ1n) is 12.1. The molecule has 0 N–H and O–H groups in total. The number of ether oxygens (including phenoxy) is 2. The number of halogens is 1. The molecule has 10 nitrogen and oxygen atoms in total. The third-order valence-corrected chi connectivity index (χ3v) is 8.22. The van der Waals surface area contributed by atoms with Crippen molar-refractivity contribution in [2.45, 2.75) is 18.4 Å². The van der Waals surface area contributed by atoms with Crippen LogP contribution in [0, 0.1) is 24.1 Å². The molecule has 0 unspecified atom stereocenters. The number of furan rings is 1. The summed E-state index contributed by atoms with van der Waals surface area (Å²) in [5.74, 6) is 2.16. The van der Waals surface area contributed by atoms with Crippen molar-refractivity contribution in [1.82, 2.24) is 9.29 Å². The topological polar surface area (TPSA) is 122 Å². The summed E-state index contributed by atoms with van der Waals surface area (Å²) in [6, 6.07) is 16.3. The Morgan fingerprint density at radius 1 is 1.03 bits per heavy atom. The standard InChI is InChI=1S/C27H25FN4O6S/c1-18-15-22(8-9-23(18)28)39(33,34)32-13-11-31(12-14-32)27-24(16-29)30-26(38-27)25-10-7-21(37-25)17-36-20-5-3-19(35-2)4-6-20/h3-10,15H,11-14,17H2,1-2H3. The third kappa shape index (κ3) is 5.45. The van der Waals surface area contributed by atoms with Crippen molar-refractivity contribution >= 4 is 15.9 Å². The number of nitrogens with zero attached hydrogens (tertiary/aromatic N) is 4. The second-order valence-corrected chi connectivity index (χ2v) is 10.8. The Hall–Kier alpha value is -4.34. The number of methoxy groups -OCH3 is 1. The molecule has 1 fully saturated rings. The monoisotopic (exact) mass is 552 g/mol. The highest BCUT2D eigenvalue weighted by Crippen LogP contribution is 2.31. The van der Waals surface area contributed by atoms with Gasteiger partial charge in [0.05, 0.1) is 12.0 Å². The minimum Gasteiger partial charge on any atom is -0.497 e. The van der Waals surface area contributed by atoms with Crippen molar-refractivity contribution in [3.8, 4) is 29.2 Å². The molecule has 4 aromatic rings. The first kappa shape index (κ1) is 26.3. The highest BCUT2D eigenvalue weighted by atomic mass is 32.2. The summed E-state index contributed by atoms with van der Waals surface area (Å²) in [5.41, 5.74) is 0.332. The first-order chi connectivity index (χ1) is 18.8. The van der Waals surface area contributed by atoms with Gasteiger partial charge in [-0.05, 0) is 67.1 Å². The molecule has 39 heavy (non-hydrogen) atoms. The second kappa shape index (κ2) is 10.8. The van der Waals surface area contributed by atoms with Crippen LogP contribution in [0.15, 0.2) is 68.3 Å². The van der Waals surface area contributed by atoms with Crippen LogP contribution >= 0.6 is 0 Å². The molecule has 2 aromatic heterocycles. The SMILES string of the molecule is COc1ccc(OCc2ccc(-c3nc(C#N)c(N4CCN(S(=O)(=O)c5ccc(F)c(C)c5)CC4)o3)o2)cc1. The van der Waals surface area contributed by atoms with E-state index < -0.39 is 15.8 Å². The van der Waals surface area contributed by atoms with Crippen LogP contribution in [0.5, 0.6) is 11.5 Å². The molecule has 0 bridgehead atoms. The Bertz CT molecular complexity index is 1620. The maximum Gasteiger partial charge on any atom is 0.266 e. The van der Waals surface area contributed by atoms with Crippen molar-refractivity contribution in [2.24, 2.45) is 0 Å². The lowest BCUT2D eigenvalue weighted by Crippen LogP contribution is -2.48. The summed E-state index contributed by atoms with van der Waals surface area (Å²) < 4.78 is 63.6. The van der Waals surface area contributed by atoms with E-state index in [0.717, 1.165) is 11.8 Å². The van der Waals surface area contributed by atoms with Crippen LogP contribution in [0.3, 0.4) is 0 Å². The molecule has 0 radical (unpaired) electrons. The van der Waals surface area contributed by atoms with Gasteiger partial charge in [-0.3, -0.25) is 0 Å². The highest BCUT2D eigenvalue weighted by molar-refractivity contribution is 7.89. The van der Waals surface area contributed by atoms with Crippen LogP contribution in [-0.4, -0.2) is 51.0 Å². The van der Waals surface area contributed by atoms with Gasteiger partial charge >= 0.3 is 0 Å². The van der Waals surface area contributed by atoms with Crippen LogP contribution in [0.4, 0.5) is 10.3 Å². The quantitative estimate of drug-likeness (QED) is 0.314. The molecule has 0 aliphatic carbocycles. The van der Waals surface area contributed by atoms with E-state index >= 15 is 0 Å². The molecule has 0 saturated carbocycles. The maximum absolute atomic E-state index is 13.6. The number of sulfonamides is 1. The smallest absolute Gasteiger partial charge is 0.266 e. The lowest BCUT2D eigenvalue weighted by Gasteiger charge is -2.33. The molecule has 1 aliphatic heterocycles. The van der Waals surface area contributed by atoms with Gasteiger partial charge in [-0.1, -0.05) is 0 Å². The van der Waals surface area contributed by atoms with Crippen molar-refractivity contribution in [3.05, 3.63) is 77.4 Å². The third-order valence-electron chi connectivity index (χ3n) is 6.32. The average Bonchev–Trinajstić information content (AvgIpc) is 3.61. The van der Waals surface area contributed by atoms with Crippen LogP contribution < -0.4 is 14.4 Å². The number of anilines is 1. The molecular weight excluding hydrogens is 527 g/mol. The maximum atomic E-state index is 13.6.